The van der Waals surface area contributed by atoms with Gasteiger partial charge in [0.25, 0.3) is 0 Å². The van der Waals surface area contributed by atoms with Crippen LogP contribution in [0.3, 0.4) is 0 Å². The Kier molecular flexibility index (Phi) is 4.92. The number of nitrogens with zero attached hydrogens (tertiary/aromatic N) is 5. The fourth-order valence-electron chi connectivity index (χ4n) is 5.25. The Morgan fingerprint density at radius 1 is 1.12 bits per heavy atom. The van der Waals surface area contributed by atoms with Crippen LogP contribution in [0.1, 0.15) is 35.7 Å². The molecule has 3 aliphatic rings. The maximum Gasteiger partial charge on any atom is 0.176 e. The number of hydrogen-bond donors (Lipinski definition) is 1. The van der Waals surface area contributed by atoms with Crippen LogP contribution in [0.4, 0.5) is 14.6 Å². The summed E-state index contributed by atoms with van der Waals surface area (Å²) in [5, 5.41) is 0.634. The quantitative estimate of drug-likeness (QED) is 0.612. The first-order chi connectivity index (χ1) is 16.0. The summed E-state index contributed by atoms with van der Waals surface area (Å²) in [6, 6.07) is 6.50. The molecule has 0 bridgehead atoms. The van der Waals surface area contributed by atoms with Crippen LogP contribution in [0, 0.1) is 17.0 Å². The Morgan fingerprint density at radius 3 is 2.79 bits per heavy atom. The molecule has 33 heavy (non-hydrogen) atoms. The number of aliphatic imine (C=N–C) groups is 1. The highest BCUT2D eigenvalue weighted by Crippen LogP contribution is 2.51. The third-order valence-electron chi connectivity index (χ3n) is 7.08. The van der Waals surface area contributed by atoms with Crippen LogP contribution in [-0.2, 0) is 12.8 Å². The van der Waals surface area contributed by atoms with Crippen LogP contribution in [0.2, 0.25) is 0 Å². The zero-order chi connectivity index (χ0) is 22.6. The summed E-state index contributed by atoms with van der Waals surface area (Å²) in [6.45, 7) is 1.70. The topological polar surface area (TPSA) is 80.3 Å². The van der Waals surface area contributed by atoms with E-state index in [2.05, 4.69) is 19.9 Å². The van der Waals surface area contributed by atoms with Gasteiger partial charge in [0.05, 0.1) is 29.4 Å². The van der Waals surface area contributed by atoms with Gasteiger partial charge >= 0.3 is 0 Å². The van der Waals surface area contributed by atoms with Gasteiger partial charge in [0, 0.05) is 25.3 Å². The molecule has 0 unspecified atom stereocenters. The number of benzene rings is 1. The maximum atomic E-state index is 13.9. The lowest BCUT2D eigenvalue weighted by molar-refractivity contribution is 0.127. The molecule has 9 heteroatoms. The summed E-state index contributed by atoms with van der Waals surface area (Å²) in [6.07, 6.45) is 7.77. The number of fused-ring (bicyclic) bond motifs is 2. The van der Waals surface area contributed by atoms with Crippen LogP contribution < -0.4 is 5.73 Å². The number of halogens is 2. The number of rotatable bonds is 2. The Labute approximate surface area is 194 Å². The highest BCUT2D eigenvalue weighted by molar-refractivity contribution is 7.99. The predicted molar refractivity (Wildman–Crippen MR) is 121 cm³/mol. The van der Waals surface area contributed by atoms with Crippen LogP contribution in [0.5, 0.6) is 0 Å². The van der Waals surface area contributed by atoms with Crippen LogP contribution in [0.15, 0.2) is 57.8 Å². The molecule has 168 valence electrons. The molecule has 4 heterocycles. The third kappa shape index (κ3) is 3.59. The number of amidine groups is 1. The number of piperidine rings is 1. The average molecular weight is 465 g/mol. The lowest BCUT2D eigenvalue weighted by atomic mass is 9.73. The minimum Gasteiger partial charge on any atom is -0.360 e. The lowest BCUT2D eigenvalue weighted by Gasteiger charge is -2.43. The van der Waals surface area contributed by atoms with E-state index in [-0.39, 0.29) is 23.1 Å². The molecule has 1 saturated heterocycles. The van der Waals surface area contributed by atoms with E-state index < -0.39 is 0 Å². The molecule has 0 saturated carbocycles. The van der Waals surface area contributed by atoms with Crippen molar-refractivity contribution in [3.63, 3.8) is 0 Å². The van der Waals surface area contributed by atoms with Crippen LogP contribution >= 0.6 is 11.8 Å². The standard InChI is InChI=1S/C24H22F2N6S/c25-15-2-1-14-11-24(22(27)16(14)9-15)4-7-32(8-5-24)20-10-18-23(31-20)29-13-21(30-18)33-19-3-6-28-12-17(19)26/h1-3,6,9,12-13,22H,4-5,7-8,10-11,27H2/t22-/m1/s1. The molecule has 3 aromatic rings. The van der Waals surface area contributed by atoms with E-state index in [1.54, 1.807) is 24.5 Å². The Hall–Kier alpha value is -2.91. The molecule has 2 aromatic heterocycles. The monoisotopic (exact) mass is 464 g/mol. The number of likely N-dealkylation sites (tertiary alicyclic amines) is 1. The summed E-state index contributed by atoms with van der Waals surface area (Å²) in [4.78, 5) is 20.4. The van der Waals surface area contributed by atoms with Gasteiger partial charge in [0.1, 0.15) is 16.7 Å². The fraction of sp³-hybridized carbons (Fsp3) is 0.333. The van der Waals surface area contributed by atoms with Gasteiger partial charge in [-0.1, -0.05) is 17.8 Å². The Bertz CT molecular complexity index is 1270. The van der Waals surface area contributed by atoms with Gasteiger partial charge < -0.3 is 10.6 Å². The lowest BCUT2D eigenvalue weighted by Crippen LogP contribution is -2.46. The van der Waals surface area contributed by atoms with Crippen molar-refractivity contribution in [1.29, 1.82) is 0 Å². The highest BCUT2D eigenvalue weighted by Gasteiger charge is 2.46. The average Bonchev–Trinajstić information content (AvgIpc) is 3.35. The van der Waals surface area contributed by atoms with Gasteiger partial charge in [0.15, 0.2) is 11.6 Å². The van der Waals surface area contributed by atoms with E-state index in [0.717, 1.165) is 49.4 Å². The fourth-order valence-corrected chi connectivity index (χ4v) is 6.01. The first-order valence-electron chi connectivity index (χ1n) is 11.0. The molecule has 1 aromatic carbocycles. The first kappa shape index (κ1) is 20.7. The van der Waals surface area contributed by atoms with Gasteiger partial charge in [-0.15, -0.1) is 0 Å². The van der Waals surface area contributed by atoms with Gasteiger partial charge in [-0.25, -0.2) is 23.7 Å². The minimum absolute atomic E-state index is 0.0203. The number of pyridine rings is 1. The normalized spacial score (nSPS) is 20.6. The van der Waals surface area contributed by atoms with Gasteiger partial charge in [-0.05, 0) is 54.0 Å². The molecule has 1 spiro atoms. The molecular formula is C24H22F2N6S. The zero-order valence-corrected chi connectivity index (χ0v) is 18.7. The molecule has 2 N–H and O–H groups in total. The Morgan fingerprint density at radius 2 is 1.97 bits per heavy atom. The van der Waals surface area contributed by atoms with Crippen LogP contribution in [0.25, 0.3) is 0 Å². The highest BCUT2D eigenvalue weighted by atomic mass is 32.2. The molecule has 1 fully saturated rings. The summed E-state index contributed by atoms with van der Waals surface area (Å²) in [5.41, 5.74) is 9.53. The van der Waals surface area contributed by atoms with E-state index in [0.29, 0.717) is 22.2 Å². The van der Waals surface area contributed by atoms with Crippen molar-refractivity contribution in [2.24, 2.45) is 16.1 Å². The molecule has 1 atom stereocenters. The van der Waals surface area contributed by atoms with E-state index in [9.17, 15) is 8.78 Å². The van der Waals surface area contributed by atoms with E-state index in [1.807, 2.05) is 6.07 Å². The van der Waals surface area contributed by atoms with Gasteiger partial charge in [-0.2, -0.15) is 0 Å². The van der Waals surface area contributed by atoms with E-state index in [1.165, 1.54) is 29.6 Å². The summed E-state index contributed by atoms with van der Waals surface area (Å²) >= 11 is 1.23. The number of aromatic nitrogens is 3. The second-order valence-corrected chi connectivity index (χ2v) is 10.0. The van der Waals surface area contributed by atoms with Crippen molar-refractivity contribution in [3.05, 3.63) is 71.3 Å². The molecular weight excluding hydrogens is 442 g/mol. The summed E-state index contributed by atoms with van der Waals surface area (Å²) < 4.78 is 27.7. The number of nitrogens with two attached hydrogens (primary N) is 1. The first-order valence-corrected chi connectivity index (χ1v) is 11.8. The van der Waals surface area contributed by atoms with Crippen molar-refractivity contribution in [3.8, 4) is 0 Å². The minimum atomic E-state index is -0.376. The van der Waals surface area contributed by atoms with Crippen molar-refractivity contribution in [2.45, 2.75) is 41.6 Å². The summed E-state index contributed by atoms with van der Waals surface area (Å²) in [5.74, 6) is 0.998. The van der Waals surface area contributed by atoms with E-state index >= 15 is 0 Å². The van der Waals surface area contributed by atoms with Crippen molar-refractivity contribution in [1.82, 2.24) is 19.9 Å². The van der Waals surface area contributed by atoms with Crippen molar-refractivity contribution >= 4 is 23.4 Å². The SMILES string of the molecule is N[C@@H]1c2cc(F)ccc2CC12CCN(C1=Nc3ncc(Sc4ccncc4F)nc3C1)CC2. The molecule has 6 rings (SSSR count). The van der Waals surface area contributed by atoms with Gasteiger partial charge in [-0.3, -0.25) is 4.98 Å². The molecule has 6 nitrogen and oxygen atoms in total. The smallest absolute Gasteiger partial charge is 0.176 e. The molecule has 0 radical (unpaired) electrons. The molecule has 0 amide bonds. The van der Waals surface area contributed by atoms with Crippen molar-refractivity contribution < 1.29 is 8.78 Å². The van der Waals surface area contributed by atoms with Crippen molar-refractivity contribution in [2.75, 3.05) is 13.1 Å². The van der Waals surface area contributed by atoms with Crippen LogP contribution in [-0.4, -0.2) is 38.8 Å². The summed E-state index contributed by atoms with van der Waals surface area (Å²) in [7, 11) is 0. The number of hydrogen-bond acceptors (Lipinski definition) is 7. The Balaban J connectivity index is 1.13. The predicted octanol–water partition coefficient (Wildman–Crippen LogP) is 4.23. The molecule has 1 aliphatic carbocycles. The second-order valence-electron chi connectivity index (χ2n) is 8.94. The largest absolute Gasteiger partial charge is 0.360 e. The molecule has 2 aliphatic heterocycles. The second kappa shape index (κ2) is 7.85. The third-order valence-corrected chi connectivity index (χ3v) is 8.04. The van der Waals surface area contributed by atoms with Gasteiger partial charge in [0.2, 0.25) is 0 Å². The maximum absolute atomic E-state index is 13.9. The van der Waals surface area contributed by atoms with E-state index in [4.69, 9.17) is 10.7 Å². The zero-order valence-electron chi connectivity index (χ0n) is 17.8.